The molecule has 0 spiro atoms. The van der Waals surface area contributed by atoms with Crippen LogP contribution in [0.25, 0.3) is 0 Å². The van der Waals surface area contributed by atoms with Crippen LogP contribution in [0.4, 0.5) is 32.0 Å². The van der Waals surface area contributed by atoms with Gasteiger partial charge in [-0.15, -0.1) is 0 Å². The molecular weight excluding hydrogens is 677 g/mol. The van der Waals surface area contributed by atoms with Crippen LogP contribution in [0.3, 0.4) is 0 Å². The Morgan fingerprint density at radius 2 is 1.58 bits per heavy atom. The molecule has 0 N–H and O–H groups in total. The average Bonchev–Trinajstić information content (AvgIpc) is 2.97. The van der Waals surface area contributed by atoms with Crippen LogP contribution >= 0.6 is 23.2 Å². The largest absolute Gasteiger partial charge is 0.416 e. The van der Waals surface area contributed by atoms with Crippen LogP contribution in [-0.4, -0.2) is 43.8 Å². The summed E-state index contributed by atoms with van der Waals surface area (Å²) >= 11 is 12.3. The lowest BCUT2D eigenvalue weighted by molar-refractivity contribution is -0.387. The maximum Gasteiger partial charge on any atom is 0.416 e. The zero-order valence-corrected chi connectivity index (χ0v) is 25.1. The minimum absolute atomic E-state index is 0.0329. The van der Waals surface area contributed by atoms with E-state index in [0.29, 0.717) is 17.7 Å². The summed E-state index contributed by atoms with van der Waals surface area (Å²) in [6.07, 6.45) is -9.99. The first-order chi connectivity index (χ1) is 20.8. The molecule has 0 saturated carbocycles. The second-order valence-electron chi connectivity index (χ2n) is 10.3. The summed E-state index contributed by atoms with van der Waals surface area (Å²) in [5, 5.41) is 11.6. The molecule has 1 amide bonds. The van der Waals surface area contributed by atoms with Crippen molar-refractivity contribution in [1.82, 2.24) is 4.90 Å². The second kappa shape index (κ2) is 12.8. The van der Waals surface area contributed by atoms with Gasteiger partial charge in [0, 0.05) is 30.1 Å². The second-order valence-corrected chi connectivity index (χ2v) is 12.7. The normalized spacial score (nSPS) is 17.7. The molecule has 1 unspecified atom stereocenters. The Hall–Kier alpha value is -3.40. The summed E-state index contributed by atoms with van der Waals surface area (Å²) in [7, 11) is -4.65. The number of carbonyl (C=O) groups is 1. The molecule has 3 aromatic carbocycles. The van der Waals surface area contributed by atoms with E-state index < -0.39 is 72.6 Å². The highest BCUT2D eigenvalue weighted by Gasteiger charge is 2.42. The molecule has 1 fully saturated rings. The summed E-state index contributed by atoms with van der Waals surface area (Å²) in [6, 6.07) is 9.56. The van der Waals surface area contributed by atoms with Crippen molar-refractivity contribution >= 4 is 44.9 Å². The van der Waals surface area contributed by atoms with Gasteiger partial charge in [0.05, 0.1) is 32.7 Å². The number of hydrogen-bond acceptors (Lipinski definition) is 6. The van der Waals surface area contributed by atoms with Crippen molar-refractivity contribution in [3.8, 4) is 0 Å². The molecule has 1 aliphatic rings. The molecule has 0 radical (unpaired) electrons. The number of halogens is 8. The maximum atomic E-state index is 13.5. The fourth-order valence-corrected chi connectivity index (χ4v) is 6.58. The van der Waals surface area contributed by atoms with E-state index in [-0.39, 0.29) is 48.5 Å². The predicted octanol–water partition coefficient (Wildman–Crippen LogP) is 7.91. The Morgan fingerprint density at radius 3 is 2.16 bits per heavy atom. The number of piperidine rings is 1. The third kappa shape index (κ3) is 7.71. The number of rotatable bonds is 8. The average molecular weight is 699 g/mol. The zero-order valence-electron chi connectivity index (χ0n) is 22.8. The van der Waals surface area contributed by atoms with Gasteiger partial charge in [-0.3, -0.25) is 19.1 Å². The standard InChI is InChI=1S/C28H22Cl2F6N2O6S/c29-21-7-6-18(15-22(21)30)26(9-11-44-45(42,43)24-5-2-1-4-23(24)38(40)41)8-3-10-37(16-26)25(39)17-12-19(27(31,32)33)14-20(13-17)28(34,35)36/h1-2,4-7,12-15H,3,8-11,16H2. The highest BCUT2D eigenvalue weighted by atomic mass is 35.5. The number of para-hydroxylation sites is 1. The van der Waals surface area contributed by atoms with E-state index in [4.69, 9.17) is 27.4 Å². The number of likely N-dealkylation sites (tertiary alicyclic amines) is 1. The molecule has 242 valence electrons. The molecule has 1 heterocycles. The maximum absolute atomic E-state index is 13.5. The lowest BCUT2D eigenvalue weighted by Crippen LogP contribution is -2.49. The third-order valence-corrected chi connectivity index (χ3v) is 9.48. The summed E-state index contributed by atoms with van der Waals surface area (Å²) < 4.78 is 112. The zero-order chi connectivity index (χ0) is 33.4. The number of nitro groups is 1. The van der Waals surface area contributed by atoms with E-state index in [0.717, 1.165) is 17.0 Å². The van der Waals surface area contributed by atoms with E-state index in [1.54, 1.807) is 6.07 Å². The van der Waals surface area contributed by atoms with Gasteiger partial charge in [-0.05, 0) is 61.2 Å². The van der Waals surface area contributed by atoms with Gasteiger partial charge < -0.3 is 4.90 Å². The van der Waals surface area contributed by atoms with E-state index in [2.05, 4.69) is 0 Å². The fraction of sp³-hybridized carbons (Fsp3) is 0.321. The predicted molar refractivity (Wildman–Crippen MR) is 151 cm³/mol. The van der Waals surface area contributed by atoms with Gasteiger partial charge in [0.15, 0.2) is 4.90 Å². The Bertz CT molecular complexity index is 1700. The number of benzene rings is 3. The molecular formula is C28H22Cl2F6N2O6S. The topological polar surface area (TPSA) is 107 Å². The van der Waals surface area contributed by atoms with Crippen LogP contribution in [0.5, 0.6) is 0 Å². The molecule has 17 heteroatoms. The lowest BCUT2D eigenvalue weighted by Gasteiger charge is -2.43. The van der Waals surface area contributed by atoms with Gasteiger partial charge >= 0.3 is 22.5 Å². The molecule has 45 heavy (non-hydrogen) atoms. The summed E-state index contributed by atoms with van der Waals surface area (Å²) in [4.78, 5) is 24.3. The van der Waals surface area contributed by atoms with E-state index >= 15 is 0 Å². The number of carbonyl (C=O) groups excluding carboxylic acids is 1. The van der Waals surface area contributed by atoms with E-state index in [9.17, 15) is 49.7 Å². The van der Waals surface area contributed by atoms with E-state index in [1.165, 1.54) is 24.3 Å². The van der Waals surface area contributed by atoms with Crippen LogP contribution < -0.4 is 0 Å². The highest BCUT2D eigenvalue weighted by molar-refractivity contribution is 7.87. The third-order valence-electron chi connectivity index (χ3n) is 7.38. The monoisotopic (exact) mass is 698 g/mol. The van der Waals surface area contributed by atoms with Crippen molar-refractivity contribution in [3.63, 3.8) is 0 Å². The molecule has 8 nitrogen and oxygen atoms in total. The van der Waals surface area contributed by atoms with Gasteiger partial charge in [-0.25, -0.2) is 0 Å². The van der Waals surface area contributed by atoms with Crippen LogP contribution in [0.2, 0.25) is 10.0 Å². The van der Waals surface area contributed by atoms with E-state index in [1.807, 2.05) is 0 Å². The van der Waals surface area contributed by atoms with Gasteiger partial charge in [0.1, 0.15) is 0 Å². The van der Waals surface area contributed by atoms with Crippen molar-refractivity contribution in [2.24, 2.45) is 0 Å². The first-order valence-electron chi connectivity index (χ1n) is 13.0. The van der Waals surface area contributed by atoms with Crippen molar-refractivity contribution in [1.29, 1.82) is 0 Å². The molecule has 0 aliphatic carbocycles. The van der Waals surface area contributed by atoms with Crippen molar-refractivity contribution in [3.05, 3.63) is 103 Å². The Balaban J connectivity index is 1.69. The van der Waals surface area contributed by atoms with Gasteiger partial charge in [0.2, 0.25) is 0 Å². The van der Waals surface area contributed by atoms with Crippen LogP contribution in [0, 0.1) is 10.1 Å². The van der Waals surface area contributed by atoms with Crippen LogP contribution in [0.1, 0.15) is 46.3 Å². The number of hydrogen-bond donors (Lipinski definition) is 0. The molecule has 4 rings (SSSR count). The molecule has 0 aromatic heterocycles. The van der Waals surface area contributed by atoms with Gasteiger partial charge in [0.25, 0.3) is 11.6 Å². The number of alkyl halides is 6. The Labute approximate surface area is 262 Å². The number of amides is 1. The quantitative estimate of drug-likeness (QED) is 0.102. The lowest BCUT2D eigenvalue weighted by atomic mass is 9.71. The van der Waals surface area contributed by atoms with Gasteiger partial charge in [-0.1, -0.05) is 41.4 Å². The highest BCUT2D eigenvalue weighted by Crippen LogP contribution is 2.41. The molecule has 1 saturated heterocycles. The van der Waals surface area contributed by atoms with Crippen LogP contribution in [-0.2, 0) is 32.1 Å². The molecule has 0 bridgehead atoms. The SMILES string of the molecule is O=C(c1cc(C(F)(F)F)cc(C(F)(F)F)c1)N1CCCC(CCOS(=O)(=O)c2ccccc2[N+](=O)[O-])(c2ccc(Cl)c(Cl)c2)C1. The van der Waals surface area contributed by atoms with Gasteiger partial charge in [-0.2, -0.15) is 34.8 Å². The fourth-order valence-electron chi connectivity index (χ4n) is 5.21. The van der Waals surface area contributed by atoms with Crippen LogP contribution in [0.15, 0.2) is 65.6 Å². The first-order valence-corrected chi connectivity index (χ1v) is 15.2. The van der Waals surface area contributed by atoms with Crippen molar-refractivity contribution in [2.75, 3.05) is 19.7 Å². The van der Waals surface area contributed by atoms with Crippen molar-refractivity contribution < 1.29 is 48.7 Å². The molecule has 1 aliphatic heterocycles. The summed E-state index contributed by atoms with van der Waals surface area (Å²) in [5.41, 5.74) is -5.57. The Morgan fingerprint density at radius 1 is 0.956 bits per heavy atom. The summed E-state index contributed by atoms with van der Waals surface area (Å²) in [6.45, 7) is -0.858. The first kappa shape index (κ1) is 34.5. The van der Waals surface area contributed by atoms with Crippen molar-refractivity contribution in [2.45, 2.75) is 41.9 Å². The molecule has 3 aromatic rings. The smallest absolute Gasteiger partial charge is 0.338 e. The molecule has 1 atom stereocenters. The minimum Gasteiger partial charge on any atom is -0.338 e. The summed E-state index contributed by atoms with van der Waals surface area (Å²) in [5.74, 6) is -1.11. The number of nitro benzene ring substituents is 1. The number of nitrogens with zero attached hydrogens (tertiary/aromatic N) is 2. The Kier molecular flexibility index (Phi) is 9.79. The minimum atomic E-state index is -5.17.